The number of nitrogens with zero attached hydrogens (tertiary/aromatic N) is 2. The van der Waals surface area contributed by atoms with E-state index in [1.54, 1.807) is 19.3 Å². The second-order valence-electron chi connectivity index (χ2n) is 4.59. The molecule has 21 heavy (non-hydrogen) atoms. The molecule has 3 heterocycles. The molecule has 3 aromatic rings. The summed E-state index contributed by atoms with van der Waals surface area (Å²) in [4.78, 5) is 35.0. The Hall–Kier alpha value is -2.54. The number of carboxylic acids is 1. The van der Waals surface area contributed by atoms with Crippen molar-refractivity contribution in [3.8, 4) is 0 Å². The first-order valence-corrected chi connectivity index (χ1v) is 7.02. The summed E-state index contributed by atoms with van der Waals surface area (Å²) in [5.74, 6) is -0.539. The van der Waals surface area contributed by atoms with Gasteiger partial charge in [0, 0.05) is 18.8 Å². The number of aromatic nitrogens is 3. The lowest BCUT2D eigenvalue weighted by Gasteiger charge is -2.00. The smallest absolute Gasteiger partial charge is 0.346 e. The summed E-state index contributed by atoms with van der Waals surface area (Å²) in [5, 5.41) is 9.48. The molecule has 0 aromatic carbocycles. The van der Waals surface area contributed by atoms with Gasteiger partial charge in [0.1, 0.15) is 15.5 Å². The molecule has 0 unspecified atom stereocenters. The van der Waals surface area contributed by atoms with Crippen LogP contribution in [0.15, 0.2) is 29.3 Å². The van der Waals surface area contributed by atoms with Gasteiger partial charge in [-0.05, 0) is 24.1 Å². The number of hydrogen-bond donors (Lipinski definition) is 2. The highest BCUT2D eigenvalue weighted by Crippen LogP contribution is 2.26. The zero-order valence-electron chi connectivity index (χ0n) is 11.1. The van der Waals surface area contributed by atoms with E-state index < -0.39 is 5.97 Å². The lowest BCUT2D eigenvalue weighted by molar-refractivity contribution is 0.0701. The minimum atomic E-state index is -1.04. The molecule has 7 heteroatoms. The van der Waals surface area contributed by atoms with E-state index in [1.165, 1.54) is 0 Å². The Balaban J connectivity index is 2.11. The predicted molar refractivity (Wildman–Crippen MR) is 79.0 cm³/mol. The molecule has 0 saturated heterocycles. The Morgan fingerprint density at radius 3 is 2.95 bits per heavy atom. The molecule has 0 aliphatic carbocycles. The number of nitrogens with one attached hydrogen (secondary N) is 1. The third-order valence-corrected chi connectivity index (χ3v) is 4.31. The number of pyridine rings is 1. The first-order valence-electron chi connectivity index (χ1n) is 6.20. The Bertz CT molecular complexity index is 884. The van der Waals surface area contributed by atoms with E-state index in [0.717, 1.165) is 16.9 Å². The van der Waals surface area contributed by atoms with Crippen molar-refractivity contribution < 1.29 is 9.90 Å². The highest BCUT2D eigenvalue weighted by molar-refractivity contribution is 7.20. The first kappa shape index (κ1) is 13.4. The van der Waals surface area contributed by atoms with Crippen molar-refractivity contribution in [3.63, 3.8) is 0 Å². The summed E-state index contributed by atoms with van der Waals surface area (Å²) in [6.45, 7) is 1.62. The van der Waals surface area contributed by atoms with Crippen molar-refractivity contribution in [2.75, 3.05) is 0 Å². The molecule has 0 radical (unpaired) electrons. The number of thiophene rings is 1. The SMILES string of the molecule is Cc1c(C(=O)O)sc2nc(Cc3cccnc3)[nH]c(=O)c12. The second-order valence-corrected chi connectivity index (χ2v) is 5.59. The van der Waals surface area contributed by atoms with Gasteiger partial charge in [-0.15, -0.1) is 11.3 Å². The third-order valence-electron chi connectivity index (χ3n) is 3.14. The number of aryl methyl sites for hydroxylation is 1. The quantitative estimate of drug-likeness (QED) is 0.771. The van der Waals surface area contributed by atoms with E-state index in [4.69, 9.17) is 5.11 Å². The van der Waals surface area contributed by atoms with E-state index in [1.807, 2.05) is 12.1 Å². The minimum Gasteiger partial charge on any atom is -0.477 e. The number of hydrogen-bond acceptors (Lipinski definition) is 5. The van der Waals surface area contributed by atoms with E-state index >= 15 is 0 Å². The van der Waals surface area contributed by atoms with Crippen LogP contribution >= 0.6 is 11.3 Å². The summed E-state index contributed by atoms with van der Waals surface area (Å²) >= 11 is 1.02. The van der Waals surface area contributed by atoms with E-state index in [2.05, 4.69) is 15.0 Å². The van der Waals surface area contributed by atoms with Crippen LogP contribution in [0.4, 0.5) is 0 Å². The molecular weight excluding hydrogens is 290 g/mol. The van der Waals surface area contributed by atoms with Gasteiger partial charge in [-0.2, -0.15) is 0 Å². The molecule has 0 spiro atoms. The van der Waals surface area contributed by atoms with Crippen LogP contribution in [-0.2, 0) is 6.42 Å². The fraction of sp³-hybridized carbons (Fsp3) is 0.143. The Labute approximate surface area is 123 Å². The predicted octanol–water partition coefficient (Wildman–Crippen LogP) is 1.98. The third kappa shape index (κ3) is 2.43. The normalized spacial score (nSPS) is 10.9. The van der Waals surface area contributed by atoms with Crippen molar-refractivity contribution >= 4 is 27.5 Å². The molecule has 3 aromatic heterocycles. The van der Waals surface area contributed by atoms with Crippen molar-refractivity contribution in [1.82, 2.24) is 15.0 Å². The average Bonchev–Trinajstić information content (AvgIpc) is 2.77. The summed E-state index contributed by atoms with van der Waals surface area (Å²) in [5.41, 5.74) is 1.08. The number of carboxylic acid groups (broad SMARTS) is 1. The molecule has 0 amide bonds. The topological polar surface area (TPSA) is 95.9 Å². The first-order chi connectivity index (χ1) is 10.1. The van der Waals surface area contributed by atoms with Crippen LogP contribution in [-0.4, -0.2) is 26.0 Å². The van der Waals surface area contributed by atoms with Crippen LogP contribution in [0.25, 0.3) is 10.2 Å². The molecule has 6 nitrogen and oxygen atoms in total. The van der Waals surface area contributed by atoms with Gasteiger partial charge in [0.25, 0.3) is 5.56 Å². The van der Waals surface area contributed by atoms with Crippen LogP contribution in [0, 0.1) is 6.92 Å². The number of aromatic carboxylic acids is 1. The standard InChI is InChI=1S/C14H11N3O3S/c1-7-10-12(18)16-9(5-8-3-2-4-15-6-8)17-13(10)21-11(7)14(19)20/h2-4,6H,5H2,1H3,(H,19,20)(H,16,17,18). The van der Waals surface area contributed by atoms with E-state index in [0.29, 0.717) is 28.0 Å². The molecular formula is C14H11N3O3S. The monoisotopic (exact) mass is 301 g/mol. The van der Waals surface area contributed by atoms with Gasteiger partial charge in [-0.3, -0.25) is 9.78 Å². The molecule has 0 fully saturated rings. The number of fused-ring (bicyclic) bond motifs is 1. The van der Waals surface area contributed by atoms with Crippen molar-refractivity contribution in [2.45, 2.75) is 13.3 Å². The zero-order valence-corrected chi connectivity index (χ0v) is 11.9. The second kappa shape index (κ2) is 5.10. The zero-order chi connectivity index (χ0) is 15.0. The minimum absolute atomic E-state index is 0.154. The summed E-state index contributed by atoms with van der Waals surface area (Å²) in [6, 6.07) is 3.70. The van der Waals surface area contributed by atoms with Crippen LogP contribution < -0.4 is 5.56 Å². The lowest BCUT2D eigenvalue weighted by Crippen LogP contribution is -2.12. The average molecular weight is 301 g/mol. The molecule has 2 N–H and O–H groups in total. The van der Waals surface area contributed by atoms with Crippen LogP contribution in [0.3, 0.4) is 0 Å². The van der Waals surface area contributed by atoms with Crippen LogP contribution in [0.1, 0.15) is 26.6 Å². The summed E-state index contributed by atoms with van der Waals surface area (Å²) < 4.78 is 0. The van der Waals surface area contributed by atoms with Crippen molar-refractivity contribution in [1.29, 1.82) is 0 Å². The molecule has 0 bridgehead atoms. The fourth-order valence-corrected chi connectivity index (χ4v) is 3.21. The largest absolute Gasteiger partial charge is 0.477 e. The number of aromatic amines is 1. The maximum atomic E-state index is 12.1. The number of rotatable bonds is 3. The van der Waals surface area contributed by atoms with Gasteiger partial charge in [0.2, 0.25) is 0 Å². The Morgan fingerprint density at radius 2 is 2.29 bits per heavy atom. The van der Waals surface area contributed by atoms with Gasteiger partial charge >= 0.3 is 5.97 Å². The van der Waals surface area contributed by atoms with Gasteiger partial charge < -0.3 is 10.1 Å². The van der Waals surface area contributed by atoms with Crippen LogP contribution in [0.2, 0.25) is 0 Å². The maximum absolute atomic E-state index is 12.1. The van der Waals surface area contributed by atoms with Crippen molar-refractivity contribution in [3.05, 3.63) is 56.7 Å². The van der Waals surface area contributed by atoms with Crippen LogP contribution in [0.5, 0.6) is 0 Å². The lowest BCUT2D eigenvalue weighted by atomic mass is 10.2. The van der Waals surface area contributed by atoms with E-state index in [-0.39, 0.29) is 10.4 Å². The molecule has 0 aliphatic heterocycles. The van der Waals surface area contributed by atoms with Crippen molar-refractivity contribution in [2.24, 2.45) is 0 Å². The molecule has 106 valence electrons. The fourth-order valence-electron chi connectivity index (χ4n) is 2.17. The van der Waals surface area contributed by atoms with E-state index in [9.17, 15) is 9.59 Å². The number of H-pyrrole nitrogens is 1. The van der Waals surface area contributed by atoms with Gasteiger partial charge in [0.15, 0.2) is 0 Å². The Kier molecular flexibility index (Phi) is 3.26. The molecule has 0 aliphatic rings. The highest BCUT2D eigenvalue weighted by atomic mass is 32.1. The highest BCUT2D eigenvalue weighted by Gasteiger charge is 2.18. The number of carbonyl (C=O) groups is 1. The summed E-state index contributed by atoms with van der Waals surface area (Å²) in [6.07, 6.45) is 3.82. The molecule has 0 atom stereocenters. The van der Waals surface area contributed by atoms with Gasteiger partial charge in [0.05, 0.1) is 5.39 Å². The molecule has 3 rings (SSSR count). The summed E-state index contributed by atoms with van der Waals surface area (Å²) in [7, 11) is 0. The molecule has 0 saturated carbocycles. The maximum Gasteiger partial charge on any atom is 0.346 e. The Morgan fingerprint density at radius 1 is 1.48 bits per heavy atom. The van der Waals surface area contributed by atoms with Gasteiger partial charge in [-0.25, -0.2) is 9.78 Å². The van der Waals surface area contributed by atoms with Gasteiger partial charge in [-0.1, -0.05) is 6.07 Å².